The molecule has 2 fully saturated rings. The molecule has 3 unspecified atom stereocenters. The lowest BCUT2D eigenvalue weighted by Gasteiger charge is -2.50. The summed E-state index contributed by atoms with van der Waals surface area (Å²) in [5.41, 5.74) is 3.47. The fourth-order valence-electron chi connectivity index (χ4n) is 4.41. The van der Waals surface area contributed by atoms with Gasteiger partial charge in [0.25, 0.3) is 8.41 Å². The minimum absolute atomic E-state index is 0.0488. The average molecular weight is 361 g/mol. The number of ether oxygens (including phenoxy) is 1. The minimum Gasteiger partial charge on any atom is -0.379 e. The molecule has 0 amide bonds. The molecule has 24 heavy (non-hydrogen) atoms. The Morgan fingerprint density at radius 3 is 2.29 bits per heavy atom. The Balaban J connectivity index is 2.25. The molecule has 3 atom stereocenters. The van der Waals surface area contributed by atoms with Gasteiger partial charge in [0.15, 0.2) is 0 Å². The number of hydrazine groups is 1. The monoisotopic (exact) mass is 360 g/mol. The Hall–Kier alpha value is -0.0531. The van der Waals surface area contributed by atoms with E-state index in [1.165, 1.54) is 0 Å². The lowest BCUT2D eigenvalue weighted by atomic mass is 10.2. The summed E-state index contributed by atoms with van der Waals surface area (Å²) in [6.07, 6.45) is 0.959. The quantitative estimate of drug-likeness (QED) is 0.494. The highest BCUT2D eigenvalue weighted by molar-refractivity contribution is 6.80. The Morgan fingerprint density at radius 1 is 1.00 bits per heavy atom. The average Bonchev–Trinajstić information content (AvgIpc) is 2.84. The van der Waals surface area contributed by atoms with Crippen molar-refractivity contribution in [1.29, 1.82) is 0 Å². The molecule has 0 aliphatic carbocycles. The molecule has 142 valence electrons. The summed E-state index contributed by atoms with van der Waals surface area (Å²) >= 11 is 0. The van der Waals surface area contributed by atoms with Gasteiger partial charge in [-0.15, -0.1) is 0 Å². The molecular weight excluding hydrogens is 323 g/mol. The van der Waals surface area contributed by atoms with E-state index >= 15 is 4.11 Å². The number of nitrogens with one attached hydrogen (secondary N) is 3. The second-order valence-corrected chi connectivity index (χ2v) is 14.2. The molecule has 2 aliphatic heterocycles. The van der Waals surface area contributed by atoms with Gasteiger partial charge in [-0.05, 0) is 16.5 Å². The first-order chi connectivity index (χ1) is 11.1. The van der Waals surface area contributed by atoms with Crippen molar-refractivity contribution in [2.24, 2.45) is 0 Å². The standard InChI is InChI=1S/C17H37FN4OSi/c1-16(2,3)24(18,17(4,5)6)15-13-14-20-8-7-19-9-11-23-12-10-22(15)21-14/h14-15,19-21H,7-13H2,1-6H3. The van der Waals surface area contributed by atoms with E-state index in [1.807, 2.05) is 0 Å². The van der Waals surface area contributed by atoms with Crippen molar-refractivity contribution in [1.82, 2.24) is 21.1 Å². The van der Waals surface area contributed by atoms with Gasteiger partial charge < -0.3 is 14.2 Å². The zero-order valence-electron chi connectivity index (χ0n) is 16.3. The fraction of sp³-hybridized carbons (Fsp3) is 1.00. The van der Waals surface area contributed by atoms with E-state index in [2.05, 4.69) is 62.6 Å². The molecule has 0 aromatic rings. The number of hydrogen-bond donors (Lipinski definition) is 3. The van der Waals surface area contributed by atoms with E-state index in [4.69, 9.17) is 4.74 Å². The van der Waals surface area contributed by atoms with Gasteiger partial charge in [0.2, 0.25) is 0 Å². The lowest BCUT2D eigenvalue weighted by molar-refractivity contribution is 0.0840. The van der Waals surface area contributed by atoms with Crippen molar-refractivity contribution in [3.05, 3.63) is 0 Å². The molecule has 0 spiro atoms. The van der Waals surface area contributed by atoms with E-state index < -0.39 is 8.41 Å². The first-order valence-electron chi connectivity index (χ1n) is 9.31. The fourth-order valence-corrected chi connectivity index (χ4v) is 9.86. The molecule has 0 saturated carbocycles. The van der Waals surface area contributed by atoms with E-state index in [-0.39, 0.29) is 21.9 Å². The Labute approximate surface area is 148 Å². The molecule has 2 aliphatic rings. The van der Waals surface area contributed by atoms with Crippen LogP contribution < -0.4 is 16.1 Å². The van der Waals surface area contributed by atoms with E-state index in [0.717, 1.165) is 32.6 Å². The van der Waals surface area contributed by atoms with Gasteiger partial charge in [0.05, 0.1) is 25.0 Å². The van der Waals surface area contributed by atoms with Crippen LogP contribution in [-0.4, -0.2) is 64.6 Å². The van der Waals surface area contributed by atoms with Crippen molar-refractivity contribution in [2.45, 2.75) is 69.9 Å². The smallest absolute Gasteiger partial charge is 0.275 e. The third-order valence-corrected chi connectivity index (χ3v) is 11.2. The van der Waals surface area contributed by atoms with Crippen molar-refractivity contribution < 1.29 is 8.84 Å². The maximum absolute atomic E-state index is 16.8. The van der Waals surface area contributed by atoms with Crippen molar-refractivity contribution in [3.8, 4) is 0 Å². The van der Waals surface area contributed by atoms with E-state index in [0.29, 0.717) is 13.2 Å². The molecule has 2 saturated heterocycles. The molecular formula is C17H37FN4OSi. The van der Waals surface area contributed by atoms with Gasteiger partial charge in [0.1, 0.15) is 0 Å². The molecule has 2 rings (SSSR count). The number of hydrogen-bond acceptors (Lipinski definition) is 5. The van der Waals surface area contributed by atoms with Crippen LogP contribution in [0.25, 0.3) is 0 Å². The highest BCUT2D eigenvalue weighted by Gasteiger charge is 2.63. The van der Waals surface area contributed by atoms with Crippen LogP contribution in [0.1, 0.15) is 48.0 Å². The summed E-state index contributed by atoms with van der Waals surface area (Å²) in [6.45, 7) is 17.2. The predicted molar refractivity (Wildman–Crippen MR) is 100 cm³/mol. The first kappa shape index (κ1) is 20.3. The normalized spacial score (nSPS) is 31.4. The molecule has 0 radical (unpaired) electrons. The second-order valence-electron chi connectivity index (χ2n) is 9.15. The maximum Gasteiger partial charge on any atom is 0.275 e. The van der Waals surface area contributed by atoms with Crippen LogP contribution in [0.4, 0.5) is 4.11 Å². The van der Waals surface area contributed by atoms with E-state index in [1.54, 1.807) is 0 Å². The SMILES string of the molecule is CC(C)(C)[Si](F)(C1CC2NCCNCCOCCN1N2)C(C)(C)C. The largest absolute Gasteiger partial charge is 0.379 e. The topological polar surface area (TPSA) is 48.6 Å². The van der Waals surface area contributed by atoms with Crippen LogP contribution in [0.15, 0.2) is 0 Å². The summed E-state index contributed by atoms with van der Waals surface area (Å²) in [7, 11) is -3.16. The lowest BCUT2D eigenvalue weighted by Crippen LogP contribution is -2.63. The van der Waals surface area contributed by atoms with Crippen LogP contribution in [-0.2, 0) is 4.74 Å². The minimum atomic E-state index is -3.16. The summed E-state index contributed by atoms with van der Waals surface area (Å²) in [5, 5.41) is 8.40. The molecule has 0 aromatic carbocycles. The molecule has 2 bridgehead atoms. The van der Waals surface area contributed by atoms with Crippen LogP contribution in [0, 0.1) is 0 Å². The summed E-state index contributed by atoms with van der Waals surface area (Å²) < 4.78 is 22.5. The number of nitrogens with zero attached hydrogens (tertiary/aromatic N) is 1. The van der Waals surface area contributed by atoms with Gasteiger partial charge in [-0.25, -0.2) is 10.4 Å². The summed E-state index contributed by atoms with van der Waals surface area (Å²) in [6, 6.07) is 0. The molecule has 7 heteroatoms. The van der Waals surface area contributed by atoms with Gasteiger partial charge in [-0.1, -0.05) is 41.5 Å². The number of halogens is 1. The van der Waals surface area contributed by atoms with Gasteiger partial charge in [0, 0.05) is 26.2 Å². The number of rotatable bonds is 1. The Morgan fingerprint density at radius 2 is 1.67 bits per heavy atom. The van der Waals surface area contributed by atoms with Gasteiger partial charge in [-0.2, -0.15) is 0 Å². The zero-order valence-corrected chi connectivity index (χ0v) is 17.3. The third kappa shape index (κ3) is 4.19. The molecule has 0 aromatic heterocycles. The van der Waals surface area contributed by atoms with Crippen LogP contribution >= 0.6 is 0 Å². The maximum atomic E-state index is 16.8. The number of fused-ring (bicyclic) bond motifs is 2. The third-order valence-electron chi connectivity index (χ3n) is 5.39. The first-order valence-corrected chi connectivity index (χ1v) is 11.3. The van der Waals surface area contributed by atoms with Crippen molar-refractivity contribution >= 4 is 8.41 Å². The second kappa shape index (κ2) is 7.68. The van der Waals surface area contributed by atoms with Gasteiger partial charge >= 0.3 is 0 Å². The zero-order chi connectivity index (χ0) is 18.0. The highest BCUT2D eigenvalue weighted by atomic mass is 28.4. The predicted octanol–water partition coefficient (Wildman–Crippen LogP) is 2.16. The summed E-state index contributed by atoms with van der Waals surface area (Å²) in [5.74, 6) is 0. The van der Waals surface area contributed by atoms with Gasteiger partial charge in [-0.3, -0.25) is 5.32 Å². The van der Waals surface area contributed by atoms with Crippen LogP contribution in [0.5, 0.6) is 0 Å². The highest BCUT2D eigenvalue weighted by Crippen LogP contribution is 2.55. The van der Waals surface area contributed by atoms with E-state index in [9.17, 15) is 0 Å². The molecule has 2 heterocycles. The molecule has 5 nitrogen and oxygen atoms in total. The van der Waals surface area contributed by atoms with Crippen LogP contribution in [0.2, 0.25) is 10.1 Å². The van der Waals surface area contributed by atoms with Crippen LogP contribution in [0.3, 0.4) is 0 Å². The Kier molecular flexibility index (Phi) is 6.48. The van der Waals surface area contributed by atoms with Crippen molar-refractivity contribution in [2.75, 3.05) is 39.4 Å². The molecule has 3 N–H and O–H groups in total. The summed E-state index contributed by atoms with van der Waals surface area (Å²) in [4.78, 5) is 0. The Bertz CT molecular complexity index is 396. The van der Waals surface area contributed by atoms with Crippen molar-refractivity contribution in [3.63, 3.8) is 0 Å².